The van der Waals surface area contributed by atoms with E-state index in [0.717, 1.165) is 63.0 Å². The van der Waals surface area contributed by atoms with Crippen molar-refractivity contribution >= 4 is 16.7 Å². The molecule has 0 spiro atoms. The first-order valence-corrected chi connectivity index (χ1v) is 11.8. The fraction of sp³-hybridized carbons (Fsp3) is 0.667. The Kier molecular flexibility index (Phi) is 6.14. The number of nitrogens with zero attached hydrogens (tertiary/aromatic N) is 3. The number of methoxy groups -OCH3 is 2. The lowest BCUT2D eigenvalue weighted by molar-refractivity contribution is 0.0262. The molecule has 0 saturated carbocycles. The van der Waals surface area contributed by atoms with E-state index < -0.39 is 0 Å². The number of pyridine rings is 2. The van der Waals surface area contributed by atoms with Crippen LogP contribution in [-0.4, -0.2) is 67.5 Å². The number of nitrogens with one attached hydrogen (secondary N) is 1. The van der Waals surface area contributed by atoms with Gasteiger partial charge in [0, 0.05) is 50.1 Å². The first-order chi connectivity index (χ1) is 15.3. The Labute approximate surface area is 184 Å². The molecular formula is C24H34N4O3. The maximum atomic E-state index is 5.55. The van der Waals surface area contributed by atoms with Gasteiger partial charge < -0.3 is 24.4 Å². The normalized spacial score (nSPS) is 21.1. The molecule has 4 heterocycles. The molecular weight excluding hydrogens is 392 g/mol. The largest absolute Gasteiger partial charge is 0.491 e. The highest BCUT2D eigenvalue weighted by atomic mass is 16.5. The SMILES string of the molecule is COc1cc2nc3c(c(NC4CCN(C5CCOCC5)CC4)c2nc1OC)CCCC3. The van der Waals surface area contributed by atoms with Gasteiger partial charge in [0.1, 0.15) is 5.52 Å². The van der Waals surface area contributed by atoms with Crippen molar-refractivity contribution in [1.29, 1.82) is 0 Å². The molecule has 1 aliphatic carbocycles. The molecule has 1 N–H and O–H groups in total. The van der Waals surface area contributed by atoms with Gasteiger partial charge in [0.2, 0.25) is 0 Å². The summed E-state index contributed by atoms with van der Waals surface area (Å²) in [5, 5.41) is 3.91. The van der Waals surface area contributed by atoms with E-state index in [1.165, 1.54) is 42.6 Å². The minimum absolute atomic E-state index is 0.461. The van der Waals surface area contributed by atoms with E-state index in [1.807, 2.05) is 6.07 Å². The van der Waals surface area contributed by atoms with Crippen molar-refractivity contribution in [3.63, 3.8) is 0 Å². The standard InChI is InChI=1S/C24H34N4O3/c1-29-21-15-20-23(27-24(21)30-2)22(18-5-3-4-6-19(18)26-20)25-16-7-11-28(12-8-16)17-9-13-31-14-10-17/h15-17H,3-14H2,1-2H3,(H,25,26). The fourth-order valence-corrected chi connectivity index (χ4v) is 5.42. The minimum atomic E-state index is 0.461. The maximum absolute atomic E-state index is 5.55. The van der Waals surface area contributed by atoms with E-state index in [1.54, 1.807) is 14.2 Å². The molecule has 0 atom stereocenters. The van der Waals surface area contributed by atoms with Crippen LogP contribution in [0.15, 0.2) is 6.07 Å². The highest BCUT2D eigenvalue weighted by Gasteiger charge is 2.28. The second-order valence-corrected chi connectivity index (χ2v) is 8.98. The summed E-state index contributed by atoms with van der Waals surface area (Å²) in [4.78, 5) is 12.5. The van der Waals surface area contributed by atoms with Crippen LogP contribution in [0, 0.1) is 0 Å². The van der Waals surface area contributed by atoms with Gasteiger partial charge in [0.05, 0.1) is 25.4 Å². The fourth-order valence-electron chi connectivity index (χ4n) is 5.42. The van der Waals surface area contributed by atoms with Crippen molar-refractivity contribution in [2.45, 2.75) is 63.5 Å². The third kappa shape index (κ3) is 4.17. The average molecular weight is 427 g/mol. The molecule has 168 valence electrons. The number of fused-ring (bicyclic) bond motifs is 2. The van der Waals surface area contributed by atoms with E-state index in [0.29, 0.717) is 23.7 Å². The second-order valence-electron chi connectivity index (χ2n) is 8.98. The Balaban J connectivity index is 1.42. The number of anilines is 1. The summed E-state index contributed by atoms with van der Waals surface area (Å²) < 4.78 is 16.5. The topological polar surface area (TPSA) is 68.7 Å². The van der Waals surface area contributed by atoms with Gasteiger partial charge in [-0.05, 0) is 56.9 Å². The number of piperidine rings is 1. The molecule has 31 heavy (non-hydrogen) atoms. The summed E-state index contributed by atoms with van der Waals surface area (Å²) in [7, 11) is 3.29. The van der Waals surface area contributed by atoms with E-state index in [2.05, 4.69) is 10.2 Å². The molecule has 0 amide bonds. The summed E-state index contributed by atoms with van der Waals surface area (Å²) in [6.07, 6.45) is 9.18. The van der Waals surface area contributed by atoms with Crippen LogP contribution in [0.5, 0.6) is 11.6 Å². The summed E-state index contributed by atoms with van der Waals surface area (Å²) in [5.74, 6) is 1.15. The number of likely N-dealkylation sites (tertiary alicyclic amines) is 1. The van der Waals surface area contributed by atoms with Crippen molar-refractivity contribution < 1.29 is 14.2 Å². The lowest BCUT2D eigenvalue weighted by atomic mass is 9.92. The molecule has 0 aromatic carbocycles. The van der Waals surface area contributed by atoms with Crippen LogP contribution in [0.25, 0.3) is 11.0 Å². The molecule has 2 aromatic heterocycles. The number of ether oxygens (including phenoxy) is 3. The van der Waals surface area contributed by atoms with Crippen LogP contribution < -0.4 is 14.8 Å². The third-order valence-electron chi connectivity index (χ3n) is 7.17. The minimum Gasteiger partial charge on any atom is -0.491 e. The van der Waals surface area contributed by atoms with E-state index in [-0.39, 0.29) is 0 Å². The quantitative estimate of drug-likeness (QED) is 0.784. The van der Waals surface area contributed by atoms with Crippen LogP contribution in [0.4, 0.5) is 5.69 Å². The van der Waals surface area contributed by atoms with Crippen LogP contribution >= 0.6 is 0 Å². The Morgan fingerprint density at radius 2 is 1.77 bits per heavy atom. The van der Waals surface area contributed by atoms with Crippen molar-refractivity contribution in [2.24, 2.45) is 0 Å². The van der Waals surface area contributed by atoms with Crippen LogP contribution in [0.3, 0.4) is 0 Å². The summed E-state index contributed by atoms with van der Waals surface area (Å²) >= 11 is 0. The van der Waals surface area contributed by atoms with Gasteiger partial charge in [-0.2, -0.15) is 0 Å². The zero-order valence-electron chi connectivity index (χ0n) is 18.8. The zero-order chi connectivity index (χ0) is 21.2. The van der Waals surface area contributed by atoms with Crippen LogP contribution in [0.1, 0.15) is 49.8 Å². The van der Waals surface area contributed by atoms with Gasteiger partial charge in [0.25, 0.3) is 5.88 Å². The molecule has 2 saturated heterocycles. The highest BCUT2D eigenvalue weighted by Crippen LogP contribution is 2.37. The Bertz CT molecular complexity index is 916. The lowest BCUT2D eigenvalue weighted by Gasteiger charge is -2.39. The van der Waals surface area contributed by atoms with Crippen LogP contribution in [0.2, 0.25) is 0 Å². The number of rotatable bonds is 5. The monoisotopic (exact) mass is 426 g/mol. The van der Waals surface area contributed by atoms with Gasteiger partial charge in [-0.25, -0.2) is 4.98 Å². The van der Waals surface area contributed by atoms with Gasteiger partial charge in [-0.1, -0.05) is 0 Å². The Hall–Kier alpha value is -2.12. The maximum Gasteiger partial charge on any atom is 0.257 e. The first-order valence-electron chi connectivity index (χ1n) is 11.8. The van der Waals surface area contributed by atoms with E-state index in [9.17, 15) is 0 Å². The van der Waals surface area contributed by atoms with Crippen molar-refractivity contribution in [3.8, 4) is 11.6 Å². The molecule has 3 aliphatic rings. The number of aromatic nitrogens is 2. The molecule has 2 aromatic rings. The van der Waals surface area contributed by atoms with Crippen molar-refractivity contribution in [1.82, 2.24) is 14.9 Å². The van der Waals surface area contributed by atoms with E-state index >= 15 is 0 Å². The predicted octanol–water partition coefficient (Wildman–Crippen LogP) is 3.58. The molecule has 0 bridgehead atoms. The Morgan fingerprint density at radius 1 is 1.00 bits per heavy atom. The van der Waals surface area contributed by atoms with Gasteiger partial charge >= 0.3 is 0 Å². The van der Waals surface area contributed by atoms with E-state index in [4.69, 9.17) is 24.2 Å². The molecule has 2 aliphatic heterocycles. The van der Waals surface area contributed by atoms with Crippen molar-refractivity contribution in [2.75, 3.05) is 45.8 Å². The molecule has 7 heteroatoms. The highest BCUT2D eigenvalue weighted by molar-refractivity contribution is 5.91. The number of aryl methyl sites for hydroxylation is 1. The van der Waals surface area contributed by atoms with Gasteiger partial charge in [-0.15, -0.1) is 0 Å². The summed E-state index contributed by atoms with van der Waals surface area (Å²) in [6.45, 7) is 4.13. The molecule has 0 unspecified atom stereocenters. The Morgan fingerprint density at radius 3 is 2.52 bits per heavy atom. The predicted molar refractivity (Wildman–Crippen MR) is 121 cm³/mol. The first kappa shape index (κ1) is 20.8. The average Bonchev–Trinajstić information content (AvgIpc) is 2.84. The summed E-state index contributed by atoms with van der Waals surface area (Å²) in [5.41, 5.74) is 5.54. The van der Waals surface area contributed by atoms with Gasteiger partial charge in [-0.3, -0.25) is 4.98 Å². The molecule has 0 radical (unpaired) electrons. The molecule has 7 nitrogen and oxygen atoms in total. The molecule has 2 fully saturated rings. The smallest absolute Gasteiger partial charge is 0.257 e. The lowest BCUT2D eigenvalue weighted by Crippen LogP contribution is -2.46. The zero-order valence-corrected chi connectivity index (χ0v) is 18.8. The molecule has 5 rings (SSSR count). The number of hydrogen-bond donors (Lipinski definition) is 1. The number of hydrogen-bond acceptors (Lipinski definition) is 7. The summed E-state index contributed by atoms with van der Waals surface area (Å²) in [6, 6.07) is 3.12. The van der Waals surface area contributed by atoms with Gasteiger partial charge in [0.15, 0.2) is 5.75 Å². The van der Waals surface area contributed by atoms with Crippen LogP contribution in [-0.2, 0) is 17.6 Å². The van der Waals surface area contributed by atoms with Crippen molar-refractivity contribution in [3.05, 3.63) is 17.3 Å². The second kappa shape index (κ2) is 9.17. The third-order valence-corrected chi connectivity index (χ3v) is 7.17.